The molecular weight excluding hydrogens is 238 g/mol. The number of carbonyl (C=O) groups excluding carboxylic acids is 1. The van der Waals surface area contributed by atoms with Crippen molar-refractivity contribution >= 4 is 5.91 Å². The van der Waals surface area contributed by atoms with E-state index in [4.69, 9.17) is 0 Å². The third-order valence-corrected chi connectivity index (χ3v) is 4.70. The Balaban J connectivity index is 1.93. The number of carbonyl (C=O) groups is 1. The van der Waals surface area contributed by atoms with Crippen LogP contribution in [0.4, 0.5) is 0 Å². The van der Waals surface area contributed by atoms with Gasteiger partial charge in [0, 0.05) is 20.1 Å². The quantitative estimate of drug-likeness (QED) is 0.816. The summed E-state index contributed by atoms with van der Waals surface area (Å²) in [5, 5.41) is 3.48. The van der Waals surface area contributed by atoms with Crippen molar-refractivity contribution in [3.05, 3.63) is 0 Å². The van der Waals surface area contributed by atoms with Crippen LogP contribution in [0.1, 0.15) is 39.0 Å². The highest BCUT2D eigenvalue weighted by Gasteiger charge is 2.42. The van der Waals surface area contributed by atoms with Crippen LogP contribution in [0.5, 0.6) is 0 Å². The molecule has 0 saturated carbocycles. The number of amides is 1. The van der Waals surface area contributed by atoms with Crippen LogP contribution in [0.2, 0.25) is 0 Å². The monoisotopic (exact) mass is 267 g/mol. The fraction of sp³-hybridized carbons (Fsp3) is 0.933. The summed E-state index contributed by atoms with van der Waals surface area (Å²) in [4.78, 5) is 17.1. The molecule has 0 aromatic carbocycles. The molecule has 0 aliphatic carbocycles. The minimum absolute atomic E-state index is 0.256. The van der Waals surface area contributed by atoms with Crippen molar-refractivity contribution in [1.82, 2.24) is 15.1 Å². The summed E-state index contributed by atoms with van der Waals surface area (Å²) >= 11 is 0. The number of rotatable bonds is 5. The molecule has 4 heteroatoms. The lowest BCUT2D eigenvalue weighted by Crippen LogP contribution is -2.54. The number of likely N-dealkylation sites (tertiary alicyclic amines) is 1. The van der Waals surface area contributed by atoms with Gasteiger partial charge in [0.25, 0.3) is 0 Å². The van der Waals surface area contributed by atoms with E-state index in [1.54, 1.807) is 0 Å². The first-order chi connectivity index (χ1) is 9.07. The summed E-state index contributed by atoms with van der Waals surface area (Å²) in [6.45, 7) is 6.37. The van der Waals surface area contributed by atoms with Crippen LogP contribution in [-0.4, -0.2) is 61.5 Å². The second-order valence-corrected chi connectivity index (χ2v) is 6.47. The van der Waals surface area contributed by atoms with Gasteiger partial charge in [0.05, 0.1) is 5.54 Å². The van der Waals surface area contributed by atoms with Crippen LogP contribution in [0.15, 0.2) is 0 Å². The minimum Gasteiger partial charge on any atom is -0.344 e. The predicted molar refractivity (Wildman–Crippen MR) is 78.1 cm³/mol. The van der Waals surface area contributed by atoms with Gasteiger partial charge in [0.2, 0.25) is 5.91 Å². The number of likely N-dealkylation sites (N-methyl/N-ethyl adjacent to an activating group) is 1. The maximum absolute atomic E-state index is 12.8. The first-order valence-corrected chi connectivity index (χ1v) is 7.76. The summed E-state index contributed by atoms with van der Waals surface area (Å²) in [5.41, 5.74) is -0.256. The SMILES string of the molecule is CCCC1(C(=O)N(C)CC2CCN(C)C2)CCCN1. The molecule has 2 fully saturated rings. The zero-order valence-electron chi connectivity index (χ0n) is 12.7. The summed E-state index contributed by atoms with van der Waals surface area (Å²) in [6, 6.07) is 0. The van der Waals surface area contributed by atoms with Gasteiger partial charge < -0.3 is 15.1 Å². The van der Waals surface area contributed by atoms with Crippen molar-refractivity contribution in [3.63, 3.8) is 0 Å². The van der Waals surface area contributed by atoms with Gasteiger partial charge in [-0.3, -0.25) is 4.79 Å². The molecule has 2 unspecified atom stereocenters. The maximum Gasteiger partial charge on any atom is 0.242 e. The highest BCUT2D eigenvalue weighted by atomic mass is 16.2. The van der Waals surface area contributed by atoms with Gasteiger partial charge in [-0.25, -0.2) is 0 Å². The van der Waals surface area contributed by atoms with E-state index < -0.39 is 0 Å². The summed E-state index contributed by atoms with van der Waals surface area (Å²) < 4.78 is 0. The average molecular weight is 267 g/mol. The first-order valence-electron chi connectivity index (χ1n) is 7.76. The van der Waals surface area contributed by atoms with E-state index >= 15 is 0 Å². The fourth-order valence-electron chi connectivity index (χ4n) is 3.75. The Morgan fingerprint density at radius 3 is 2.84 bits per heavy atom. The number of nitrogens with zero attached hydrogens (tertiary/aromatic N) is 2. The predicted octanol–water partition coefficient (Wildman–Crippen LogP) is 1.32. The molecule has 0 bridgehead atoms. The Kier molecular flexibility index (Phi) is 4.85. The molecule has 2 heterocycles. The van der Waals surface area contributed by atoms with Crippen LogP contribution in [-0.2, 0) is 4.79 Å². The number of nitrogens with one attached hydrogen (secondary N) is 1. The highest BCUT2D eigenvalue weighted by molar-refractivity contribution is 5.86. The Labute approximate surface area is 117 Å². The zero-order valence-corrected chi connectivity index (χ0v) is 12.7. The largest absolute Gasteiger partial charge is 0.344 e. The molecule has 1 N–H and O–H groups in total. The van der Waals surface area contributed by atoms with E-state index in [9.17, 15) is 4.79 Å². The highest BCUT2D eigenvalue weighted by Crippen LogP contribution is 2.27. The topological polar surface area (TPSA) is 35.6 Å². The van der Waals surface area contributed by atoms with Crippen LogP contribution in [0.3, 0.4) is 0 Å². The summed E-state index contributed by atoms with van der Waals surface area (Å²) in [7, 11) is 4.15. The standard InChI is InChI=1S/C15H29N3O/c1-4-7-15(8-5-9-16-15)14(19)18(3)12-13-6-10-17(2)11-13/h13,16H,4-12H2,1-3H3. The van der Waals surface area contributed by atoms with Gasteiger partial charge in [-0.05, 0) is 51.7 Å². The zero-order chi connectivity index (χ0) is 13.9. The smallest absolute Gasteiger partial charge is 0.242 e. The lowest BCUT2D eigenvalue weighted by molar-refractivity contribution is -0.137. The number of hydrogen-bond acceptors (Lipinski definition) is 3. The molecule has 110 valence electrons. The molecule has 0 aromatic rings. The van der Waals surface area contributed by atoms with Gasteiger partial charge in [0.1, 0.15) is 0 Å². The fourth-order valence-corrected chi connectivity index (χ4v) is 3.75. The van der Waals surface area contributed by atoms with Crippen LogP contribution in [0.25, 0.3) is 0 Å². The lowest BCUT2D eigenvalue weighted by Gasteiger charge is -2.33. The van der Waals surface area contributed by atoms with E-state index in [0.717, 1.165) is 45.3 Å². The molecule has 2 atom stereocenters. The van der Waals surface area contributed by atoms with Crippen LogP contribution in [0, 0.1) is 5.92 Å². The van der Waals surface area contributed by atoms with Gasteiger partial charge in [-0.15, -0.1) is 0 Å². The van der Waals surface area contributed by atoms with Crippen LogP contribution >= 0.6 is 0 Å². The average Bonchev–Trinajstić information content (AvgIpc) is 2.99. The molecule has 19 heavy (non-hydrogen) atoms. The second-order valence-electron chi connectivity index (χ2n) is 6.47. The van der Waals surface area contributed by atoms with Gasteiger partial charge in [-0.2, -0.15) is 0 Å². The third-order valence-electron chi connectivity index (χ3n) is 4.70. The second kappa shape index (κ2) is 6.23. The number of hydrogen-bond donors (Lipinski definition) is 1. The van der Waals surface area contributed by atoms with Crippen molar-refractivity contribution in [3.8, 4) is 0 Å². The Morgan fingerprint density at radius 2 is 2.32 bits per heavy atom. The maximum atomic E-state index is 12.8. The van der Waals surface area contributed by atoms with Gasteiger partial charge in [-0.1, -0.05) is 13.3 Å². The van der Waals surface area contributed by atoms with Gasteiger partial charge in [0.15, 0.2) is 0 Å². The molecule has 2 rings (SSSR count). The summed E-state index contributed by atoms with van der Waals surface area (Å²) in [5.74, 6) is 0.973. The van der Waals surface area contributed by atoms with E-state index in [0.29, 0.717) is 11.8 Å². The van der Waals surface area contributed by atoms with Crippen molar-refractivity contribution in [2.24, 2.45) is 5.92 Å². The Morgan fingerprint density at radius 1 is 1.53 bits per heavy atom. The van der Waals surface area contributed by atoms with Crippen molar-refractivity contribution < 1.29 is 4.79 Å². The third kappa shape index (κ3) is 3.29. The normalized spacial score (nSPS) is 31.8. The molecular formula is C15H29N3O. The van der Waals surface area contributed by atoms with Crippen molar-refractivity contribution in [2.75, 3.05) is 40.3 Å². The Hall–Kier alpha value is -0.610. The molecule has 4 nitrogen and oxygen atoms in total. The van der Waals surface area contributed by atoms with E-state index in [1.807, 2.05) is 11.9 Å². The molecule has 1 amide bonds. The van der Waals surface area contributed by atoms with Crippen molar-refractivity contribution in [1.29, 1.82) is 0 Å². The Bertz CT molecular complexity index is 313. The lowest BCUT2D eigenvalue weighted by atomic mass is 9.90. The summed E-state index contributed by atoms with van der Waals surface area (Å²) in [6.07, 6.45) is 5.40. The van der Waals surface area contributed by atoms with E-state index in [2.05, 4.69) is 24.2 Å². The molecule has 0 aromatic heterocycles. The molecule has 0 radical (unpaired) electrons. The van der Waals surface area contributed by atoms with Crippen LogP contribution < -0.4 is 5.32 Å². The molecule has 2 saturated heterocycles. The molecule has 2 aliphatic heterocycles. The van der Waals surface area contributed by atoms with Gasteiger partial charge >= 0.3 is 0 Å². The molecule has 0 spiro atoms. The first kappa shape index (κ1) is 14.8. The van der Waals surface area contributed by atoms with E-state index in [-0.39, 0.29) is 5.54 Å². The van der Waals surface area contributed by atoms with Crippen molar-refractivity contribution in [2.45, 2.75) is 44.6 Å². The molecule has 2 aliphatic rings. The minimum atomic E-state index is -0.256. The van der Waals surface area contributed by atoms with E-state index in [1.165, 1.54) is 13.0 Å².